The molecule has 1 aliphatic rings. The van der Waals surface area contributed by atoms with E-state index >= 15 is 0 Å². The normalized spacial score (nSPS) is 15.8. The molecule has 0 aromatic carbocycles. The number of hydrogen-bond acceptors (Lipinski definition) is 7. The molecule has 0 aliphatic heterocycles. The standard InChI is InChI=1S/C25H33N9/c1-6-10-34-20-9-8-18(11-19(20)21(32-34)15(3)4)30-23-22-25(29-14-28-23)33(7-2)24(31-22)17-12-26-16(5)27-13-17/h12-15,18H,6-11H2,1-5H3,(H,28,29,30)/t18-/m1/s1. The molecule has 4 aromatic rings. The van der Waals surface area contributed by atoms with Crippen LogP contribution in [0.4, 0.5) is 5.82 Å². The van der Waals surface area contributed by atoms with E-state index in [4.69, 9.17) is 10.1 Å². The Morgan fingerprint density at radius 3 is 2.62 bits per heavy atom. The maximum absolute atomic E-state index is 4.97. The van der Waals surface area contributed by atoms with E-state index in [2.05, 4.69) is 62.2 Å². The van der Waals surface area contributed by atoms with E-state index in [0.29, 0.717) is 5.92 Å². The summed E-state index contributed by atoms with van der Waals surface area (Å²) in [4.78, 5) is 22.8. The molecule has 178 valence electrons. The predicted octanol–water partition coefficient (Wildman–Crippen LogP) is 4.31. The molecule has 1 aliphatic carbocycles. The molecule has 0 amide bonds. The zero-order valence-corrected chi connectivity index (χ0v) is 20.7. The van der Waals surface area contributed by atoms with Crippen molar-refractivity contribution in [2.75, 3.05) is 5.32 Å². The minimum absolute atomic E-state index is 0.278. The minimum Gasteiger partial charge on any atom is -0.365 e. The summed E-state index contributed by atoms with van der Waals surface area (Å²) in [6, 6.07) is 0.278. The van der Waals surface area contributed by atoms with Crippen LogP contribution in [0.2, 0.25) is 0 Å². The van der Waals surface area contributed by atoms with E-state index < -0.39 is 0 Å². The molecule has 4 aromatic heterocycles. The maximum Gasteiger partial charge on any atom is 0.165 e. The van der Waals surface area contributed by atoms with Crippen molar-refractivity contribution in [3.63, 3.8) is 0 Å². The van der Waals surface area contributed by atoms with Gasteiger partial charge in [-0.1, -0.05) is 20.8 Å². The van der Waals surface area contributed by atoms with Crippen molar-refractivity contribution in [1.29, 1.82) is 0 Å². The van der Waals surface area contributed by atoms with Crippen LogP contribution in [-0.4, -0.2) is 45.3 Å². The Bertz CT molecular complexity index is 1300. The number of imidazole rings is 1. The number of anilines is 1. The third-order valence-corrected chi connectivity index (χ3v) is 6.59. The fraction of sp³-hybridized carbons (Fsp3) is 0.520. The van der Waals surface area contributed by atoms with Crippen LogP contribution < -0.4 is 5.32 Å². The number of aryl methyl sites for hydroxylation is 3. The van der Waals surface area contributed by atoms with Crippen LogP contribution in [-0.2, 0) is 25.9 Å². The molecule has 4 heterocycles. The van der Waals surface area contributed by atoms with E-state index in [-0.39, 0.29) is 6.04 Å². The van der Waals surface area contributed by atoms with Crippen molar-refractivity contribution >= 4 is 17.0 Å². The second kappa shape index (κ2) is 9.12. The Morgan fingerprint density at radius 2 is 1.91 bits per heavy atom. The quantitative estimate of drug-likeness (QED) is 0.439. The topological polar surface area (TPSA) is 99.2 Å². The number of fused-ring (bicyclic) bond motifs is 2. The van der Waals surface area contributed by atoms with Gasteiger partial charge in [0.05, 0.1) is 11.3 Å². The van der Waals surface area contributed by atoms with Gasteiger partial charge in [-0.25, -0.2) is 24.9 Å². The van der Waals surface area contributed by atoms with Crippen LogP contribution in [0.25, 0.3) is 22.6 Å². The minimum atomic E-state index is 0.278. The molecule has 0 unspecified atom stereocenters. The highest BCUT2D eigenvalue weighted by atomic mass is 15.3. The van der Waals surface area contributed by atoms with E-state index in [1.54, 1.807) is 6.33 Å². The van der Waals surface area contributed by atoms with Crippen molar-refractivity contribution in [3.8, 4) is 11.4 Å². The number of rotatable bonds is 7. The molecule has 0 bridgehead atoms. The molecule has 9 nitrogen and oxygen atoms in total. The van der Waals surface area contributed by atoms with Crippen molar-refractivity contribution in [2.24, 2.45) is 0 Å². The zero-order valence-electron chi connectivity index (χ0n) is 20.7. The maximum atomic E-state index is 4.97. The molecule has 9 heteroatoms. The lowest BCUT2D eigenvalue weighted by atomic mass is 9.89. The molecular formula is C25H33N9. The molecule has 0 radical (unpaired) electrons. The molecule has 0 saturated heterocycles. The van der Waals surface area contributed by atoms with Crippen LogP contribution in [0.3, 0.4) is 0 Å². The summed E-state index contributed by atoms with van der Waals surface area (Å²) in [5, 5.41) is 8.68. The summed E-state index contributed by atoms with van der Waals surface area (Å²) >= 11 is 0. The summed E-state index contributed by atoms with van der Waals surface area (Å²) in [5.41, 5.74) is 6.55. The van der Waals surface area contributed by atoms with Gasteiger partial charge in [-0.15, -0.1) is 0 Å². The lowest BCUT2D eigenvalue weighted by Crippen LogP contribution is -2.29. The summed E-state index contributed by atoms with van der Waals surface area (Å²) in [6.45, 7) is 12.4. The number of nitrogens with zero attached hydrogens (tertiary/aromatic N) is 8. The van der Waals surface area contributed by atoms with Crippen molar-refractivity contribution in [2.45, 2.75) is 85.4 Å². The van der Waals surface area contributed by atoms with Gasteiger partial charge in [-0.2, -0.15) is 5.10 Å². The van der Waals surface area contributed by atoms with Crippen LogP contribution >= 0.6 is 0 Å². The smallest absolute Gasteiger partial charge is 0.165 e. The van der Waals surface area contributed by atoms with Crippen LogP contribution in [0, 0.1) is 6.92 Å². The van der Waals surface area contributed by atoms with Crippen LogP contribution in [0.5, 0.6) is 0 Å². The number of hydrogen-bond donors (Lipinski definition) is 1. The average molecular weight is 460 g/mol. The third-order valence-electron chi connectivity index (χ3n) is 6.59. The molecule has 0 saturated carbocycles. The van der Waals surface area contributed by atoms with Crippen molar-refractivity contribution in [1.82, 2.24) is 39.3 Å². The molecule has 34 heavy (non-hydrogen) atoms. The SMILES string of the molecule is CCCn1nc(C(C)C)c2c1CC[C@@H](Nc1ncnc3c1nc(-c1cnc(C)nc1)n3CC)C2. The third kappa shape index (κ3) is 3.93. The monoisotopic (exact) mass is 459 g/mol. The Balaban J connectivity index is 1.48. The van der Waals surface area contributed by atoms with E-state index in [1.807, 2.05) is 19.3 Å². The second-order valence-corrected chi connectivity index (χ2v) is 9.37. The van der Waals surface area contributed by atoms with Crippen LogP contribution in [0.15, 0.2) is 18.7 Å². The molecular weight excluding hydrogens is 426 g/mol. The van der Waals surface area contributed by atoms with Gasteiger partial charge in [0.15, 0.2) is 17.0 Å². The average Bonchev–Trinajstić information content (AvgIpc) is 3.39. The van der Waals surface area contributed by atoms with Gasteiger partial charge >= 0.3 is 0 Å². The first kappa shape index (κ1) is 22.4. The van der Waals surface area contributed by atoms with Crippen molar-refractivity contribution in [3.05, 3.63) is 41.5 Å². The summed E-state index contributed by atoms with van der Waals surface area (Å²) in [7, 11) is 0. The Labute approximate surface area is 200 Å². The van der Waals surface area contributed by atoms with E-state index in [1.165, 1.54) is 17.0 Å². The highest BCUT2D eigenvalue weighted by Gasteiger charge is 2.28. The Morgan fingerprint density at radius 1 is 1.12 bits per heavy atom. The Hall–Kier alpha value is -3.36. The first-order valence-electron chi connectivity index (χ1n) is 12.3. The molecule has 0 spiro atoms. The second-order valence-electron chi connectivity index (χ2n) is 9.37. The lowest BCUT2D eigenvalue weighted by molar-refractivity contribution is 0.531. The van der Waals surface area contributed by atoms with Gasteiger partial charge < -0.3 is 9.88 Å². The summed E-state index contributed by atoms with van der Waals surface area (Å²) < 4.78 is 4.34. The largest absolute Gasteiger partial charge is 0.365 e. The highest BCUT2D eigenvalue weighted by molar-refractivity contribution is 5.86. The lowest BCUT2D eigenvalue weighted by Gasteiger charge is -2.25. The van der Waals surface area contributed by atoms with Gasteiger partial charge in [0.2, 0.25) is 0 Å². The summed E-state index contributed by atoms with van der Waals surface area (Å²) in [6.07, 6.45) is 9.38. The van der Waals surface area contributed by atoms with Gasteiger partial charge in [0.1, 0.15) is 18.0 Å². The predicted molar refractivity (Wildman–Crippen MR) is 133 cm³/mol. The van der Waals surface area contributed by atoms with Crippen LogP contribution in [0.1, 0.15) is 69.2 Å². The molecule has 1 N–H and O–H groups in total. The molecule has 0 fully saturated rings. The van der Waals surface area contributed by atoms with E-state index in [0.717, 1.165) is 73.0 Å². The Kier molecular flexibility index (Phi) is 6.02. The molecule has 5 rings (SSSR count). The fourth-order valence-corrected chi connectivity index (χ4v) is 4.96. The van der Waals surface area contributed by atoms with Gasteiger partial charge in [-0.3, -0.25) is 4.68 Å². The van der Waals surface area contributed by atoms with Crippen molar-refractivity contribution < 1.29 is 0 Å². The number of aromatic nitrogens is 8. The first-order chi connectivity index (χ1) is 16.5. The fourth-order valence-electron chi connectivity index (χ4n) is 4.96. The summed E-state index contributed by atoms with van der Waals surface area (Å²) in [5.74, 6) is 2.75. The zero-order chi connectivity index (χ0) is 23.8. The van der Waals surface area contributed by atoms with Gasteiger partial charge in [0.25, 0.3) is 0 Å². The van der Waals surface area contributed by atoms with E-state index in [9.17, 15) is 0 Å². The first-order valence-corrected chi connectivity index (χ1v) is 12.3. The number of nitrogens with one attached hydrogen (secondary N) is 1. The van der Waals surface area contributed by atoms with Gasteiger partial charge in [-0.05, 0) is 51.0 Å². The molecule has 1 atom stereocenters. The highest BCUT2D eigenvalue weighted by Crippen LogP contribution is 2.32. The van der Waals surface area contributed by atoms with Gasteiger partial charge in [0, 0.05) is 37.2 Å².